The fourth-order valence-electron chi connectivity index (χ4n) is 2.09. The van der Waals surface area contributed by atoms with E-state index in [0.29, 0.717) is 6.04 Å². The van der Waals surface area contributed by atoms with Crippen LogP contribution in [-0.2, 0) is 0 Å². The fraction of sp³-hybridized carbons (Fsp3) is 0.462. The number of benzene rings is 1. The summed E-state index contributed by atoms with van der Waals surface area (Å²) >= 11 is 0. The molecule has 16 heavy (non-hydrogen) atoms. The number of hydrogen-bond donors (Lipinski definition) is 1. The average Bonchev–Trinajstić information content (AvgIpc) is 2.33. The Morgan fingerprint density at radius 2 is 2.00 bits per heavy atom. The normalized spacial score (nSPS) is 25.5. The van der Waals surface area contributed by atoms with Crippen molar-refractivity contribution in [1.29, 1.82) is 0 Å². The molecule has 0 radical (unpaired) electrons. The second-order valence-corrected chi connectivity index (χ2v) is 4.35. The first-order valence-corrected chi connectivity index (χ1v) is 5.79. The smallest absolute Gasteiger partial charge is 0.254 e. The highest BCUT2D eigenvalue weighted by Crippen LogP contribution is 2.13. The highest BCUT2D eigenvalue weighted by atomic mass is 16.2. The summed E-state index contributed by atoms with van der Waals surface area (Å²) in [5.74, 6) is 0.140. The maximum absolute atomic E-state index is 12.3. The van der Waals surface area contributed by atoms with Crippen molar-refractivity contribution in [2.24, 2.45) is 0 Å². The minimum absolute atomic E-state index is 0.140. The molecule has 1 fully saturated rings. The van der Waals surface area contributed by atoms with Gasteiger partial charge in [0, 0.05) is 30.7 Å². The fourth-order valence-corrected chi connectivity index (χ4v) is 2.09. The van der Waals surface area contributed by atoms with Crippen LogP contribution in [0.2, 0.25) is 0 Å². The van der Waals surface area contributed by atoms with Crippen LogP contribution < -0.4 is 5.32 Å². The van der Waals surface area contributed by atoms with Gasteiger partial charge in [0.05, 0.1) is 0 Å². The van der Waals surface area contributed by atoms with Crippen LogP contribution in [0, 0.1) is 0 Å². The maximum atomic E-state index is 12.3. The Hall–Kier alpha value is -1.35. The van der Waals surface area contributed by atoms with Crippen LogP contribution in [0.1, 0.15) is 24.2 Å². The third-order valence-electron chi connectivity index (χ3n) is 3.32. The predicted octanol–water partition coefficient (Wildman–Crippen LogP) is 1.51. The van der Waals surface area contributed by atoms with Gasteiger partial charge in [-0.1, -0.05) is 18.2 Å². The van der Waals surface area contributed by atoms with Crippen LogP contribution in [-0.4, -0.2) is 36.0 Å². The summed E-state index contributed by atoms with van der Waals surface area (Å²) in [5, 5.41) is 3.37. The Bertz CT molecular complexity index is 363. The molecule has 1 aliphatic heterocycles. The lowest BCUT2D eigenvalue weighted by Crippen LogP contribution is -2.57. The molecule has 0 aliphatic carbocycles. The van der Waals surface area contributed by atoms with Crippen LogP contribution in [0.3, 0.4) is 0 Å². The van der Waals surface area contributed by atoms with E-state index >= 15 is 0 Å². The van der Waals surface area contributed by atoms with Crippen molar-refractivity contribution in [2.75, 3.05) is 13.1 Å². The van der Waals surface area contributed by atoms with Gasteiger partial charge < -0.3 is 10.2 Å². The van der Waals surface area contributed by atoms with Crippen LogP contribution in [0.25, 0.3) is 0 Å². The van der Waals surface area contributed by atoms with E-state index < -0.39 is 0 Å². The Labute approximate surface area is 96.5 Å². The molecule has 1 aromatic rings. The number of amides is 1. The number of rotatable bonds is 1. The third kappa shape index (κ3) is 2.09. The highest BCUT2D eigenvalue weighted by molar-refractivity contribution is 5.94. The first-order valence-electron chi connectivity index (χ1n) is 5.79. The van der Waals surface area contributed by atoms with Crippen molar-refractivity contribution in [3.05, 3.63) is 35.9 Å². The highest BCUT2D eigenvalue weighted by Gasteiger charge is 2.28. The van der Waals surface area contributed by atoms with Gasteiger partial charge in [-0.05, 0) is 26.0 Å². The lowest BCUT2D eigenvalue weighted by Gasteiger charge is -2.38. The molecule has 1 aliphatic rings. The first kappa shape index (κ1) is 11.1. The van der Waals surface area contributed by atoms with E-state index in [1.165, 1.54) is 0 Å². The monoisotopic (exact) mass is 218 g/mol. The number of nitrogens with zero attached hydrogens (tertiary/aromatic N) is 1. The molecule has 0 spiro atoms. The van der Waals surface area contributed by atoms with Gasteiger partial charge in [-0.25, -0.2) is 0 Å². The maximum Gasteiger partial charge on any atom is 0.254 e. The quantitative estimate of drug-likeness (QED) is 0.775. The van der Waals surface area contributed by atoms with E-state index in [1.807, 2.05) is 35.2 Å². The van der Waals surface area contributed by atoms with Crippen molar-refractivity contribution in [2.45, 2.75) is 25.9 Å². The van der Waals surface area contributed by atoms with E-state index in [-0.39, 0.29) is 11.9 Å². The molecular formula is C13H18N2O. The van der Waals surface area contributed by atoms with E-state index in [0.717, 1.165) is 18.7 Å². The molecule has 0 saturated carbocycles. The molecule has 3 heteroatoms. The van der Waals surface area contributed by atoms with E-state index in [2.05, 4.69) is 19.2 Å². The Balaban J connectivity index is 2.15. The van der Waals surface area contributed by atoms with Crippen LogP contribution in [0.4, 0.5) is 0 Å². The van der Waals surface area contributed by atoms with Gasteiger partial charge in [0.2, 0.25) is 0 Å². The summed E-state index contributed by atoms with van der Waals surface area (Å²) in [5.41, 5.74) is 0.781. The third-order valence-corrected chi connectivity index (χ3v) is 3.32. The van der Waals surface area contributed by atoms with Gasteiger partial charge in [-0.3, -0.25) is 4.79 Å². The standard InChI is InChI=1S/C13H18N2O/c1-10-11(2)15(9-8-14-10)13(16)12-6-4-3-5-7-12/h3-7,10-11,14H,8-9H2,1-2H3. The van der Waals surface area contributed by atoms with E-state index in [4.69, 9.17) is 0 Å². The van der Waals surface area contributed by atoms with E-state index in [1.54, 1.807) is 0 Å². The van der Waals surface area contributed by atoms with Crippen LogP contribution in [0.5, 0.6) is 0 Å². The molecule has 1 heterocycles. The van der Waals surface area contributed by atoms with Gasteiger partial charge in [0.15, 0.2) is 0 Å². The van der Waals surface area contributed by atoms with Crippen molar-refractivity contribution in [1.82, 2.24) is 10.2 Å². The summed E-state index contributed by atoms with van der Waals surface area (Å²) < 4.78 is 0. The summed E-state index contributed by atoms with van der Waals surface area (Å²) in [6.45, 7) is 5.89. The number of piperazine rings is 1. The van der Waals surface area contributed by atoms with Crippen LogP contribution in [0.15, 0.2) is 30.3 Å². The molecule has 2 rings (SSSR count). The minimum atomic E-state index is 0.140. The second-order valence-electron chi connectivity index (χ2n) is 4.35. The zero-order valence-electron chi connectivity index (χ0n) is 9.81. The van der Waals surface area contributed by atoms with Crippen molar-refractivity contribution < 1.29 is 4.79 Å². The molecule has 1 aromatic carbocycles. The molecule has 0 bridgehead atoms. The number of hydrogen-bond acceptors (Lipinski definition) is 2. The van der Waals surface area contributed by atoms with Crippen molar-refractivity contribution in [3.63, 3.8) is 0 Å². The van der Waals surface area contributed by atoms with Crippen LogP contribution >= 0.6 is 0 Å². The van der Waals surface area contributed by atoms with Gasteiger partial charge in [0.25, 0.3) is 5.91 Å². The predicted molar refractivity (Wildman–Crippen MR) is 64.4 cm³/mol. The number of carbonyl (C=O) groups is 1. The number of carbonyl (C=O) groups excluding carboxylic acids is 1. The average molecular weight is 218 g/mol. The zero-order chi connectivity index (χ0) is 11.5. The molecule has 0 aromatic heterocycles. The summed E-state index contributed by atoms with van der Waals surface area (Å²) in [6.07, 6.45) is 0. The molecule has 3 nitrogen and oxygen atoms in total. The molecule has 86 valence electrons. The molecule has 2 unspecified atom stereocenters. The van der Waals surface area contributed by atoms with Crippen molar-refractivity contribution in [3.8, 4) is 0 Å². The molecule has 1 N–H and O–H groups in total. The SMILES string of the molecule is CC1NCCN(C(=O)c2ccccc2)C1C. The number of nitrogens with one attached hydrogen (secondary N) is 1. The summed E-state index contributed by atoms with van der Waals surface area (Å²) in [7, 11) is 0. The minimum Gasteiger partial charge on any atom is -0.333 e. The lowest BCUT2D eigenvalue weighted by molar-refractivity contribution is 0.0603. The van der Waals surface area contributed by atoms with Gasteiger partial charge >= 0.3 is 0 Å². The van der Waals surface area contributed by atoms with Gasteiger partial charge in [-0.15, -0.1) is 0 Å². The molecule has 1 saturated heterocycles. The molecule has 1 amide bonds. The second kappa shape index (κ2) is 4.66. The lowest BCUT2D eigenvalue weighted by atomic mass is 10.1. The largest absolute Gasteiger partial charge is 0.333 e. The first-order chi connectivity index (χ1) is 7.70. The molecular weight excluding hydrogens is 200 g/mol. The summed E-state index contributed by atoms with van der Waals surface area (Å²) in [6, 6.07) is 10.1. The molecule has 2 atom stereocenters. The topological polar surface area (TPSA) is 32.3 Å². The Morgan fingerprint density at radius 3 is 2.69 bits per heavy atom. The zero-order valence-corrected chi connectivity index (χ0v) is 9.81. The van der Waals surface area contributed by atoms with Gasteiger partial charge in [0.1, 0.15) is 0 Å². The van der Waals surface area contributed by atoms with Gasteiger partial charge in [-0.2, -0.15) is 0 Å². The Morgan fingerprint density at radius 1 is 1.31 bits per heavy atom. The Kier molecular flexibility index (Phi) is 3.25. The van der Waals surface area contributed by atoms with Crippen molar-refractivity contribution >= 4 is 5.91 Å². The summed E-state index contributed by atoms with van der Waals surface area (Å²) in [4.78, 5) is 14.2. The van der Waals surface area contributed by atoms with E-state index in [9.17, 15) is 4.79 Å².